The van der Waals surface area contributed by atoms with Gasteiger partial charge < -0.3 is 14.7 Å². The van der Waals surface area contributed by atoms with Crippen molar-refractivity contribution in [1.82, 2.24) is 29.5 Å². The number of fused-ring (bicyclic) bond motifs is 2. The van der Waals surface area contributed by atoms with Crippen LogP contribution in [0.5, 0.6) is 0 Å². The number of carbonyl (C=O) groups is 1. The molecule has 2 aliphatic heterocycles. The van der Waals surface area contributed by atoms with Crippen molar-refractivity contribution in [2.75, 3.05) is 38.1 Å². The smallest absolute Gasteiger partial charge is 0.320 e. The first-order chi connectivity index (χ1) is 13.5. The summed E-state index contributed by atoms with van der Waals surface area (Å²) in [7, 11) is 1.86. The molecule has 0 N–H and O–H groups in total. The largest absolute Gasteiger partial charge is 0.352 e. The van der Waals surface area contributed by atoms with Crippen molar-refractivity contribution in [1.29, 1.82) is 0 Å². The Bertz CT molecular complexity index is 1060. The van der Waals surface area contributed by atoms with Gasteiger partial charge in [0.05, 0.1) is 23.3 Å². The van der Waals surface area contributed by atoms with E-state index >= 15 is 0 Å². The van der Waals surface area contributed by atoms with Gasteiger partial charge in [-0.25, -0.2) is 19.4 Å². The zero-order valence-electron chi connectivity index (χ0n) is 16.3. The summed E-state index contributed by atoms with van der Waals surface area (Å²) in [5, 5.41) is 5.55. The highest BCUT2D eigenvalue weighted by molar-refractivity contribution is 5.88. The van der Waals surface area contributed by atoms with E-state index in [9.17, 15) is 4.79 Å². The second-order valence-corrected chi connectivity index (χ2v) is 7.79. The molecule has 8 nitrogen and oxygen atoms in total. The number of piperazine rings is 1. The van der Waals surface area contributed by atoms with Crippen LogP contribution in [0.15, 0.2) is 30.7 Å². The summed E-state index contributed by atoms with van der Waals surface area (Å²) in [5.74, 6) is 0.891. The van der Waals surface area contributed by atoms with Crippen molar-refractivity contribution in [3.8, 4) is 5.69 Å². The Hall–Kier alpha value is -3.16. The van der Waals surface area contributed by atoms with Crippen LogP contribution in [0.2, 0.25) is 0 Å². The second kappa shape index (κ2) is 6.19. The Labute approximate surface area is 163 Å². The van der Waals surface area contributed by atoms with E-state index in [0.717, 1.165) is 42.2 Å². The summed E-state index contributed by atoms with van der Waals surface area (Å²) < 4.78 is 1.88. The molecule has 4 heterocycles. The lowest BCUT2D eigenvalue weighted by Crippen LogP contribution is -2.52. The van der Waals surface area contributed by atoms with E-state index in [-0.39, 0.29) is 12.1 Å². The number of hydrogen-bond acceptors (Lipinski definition) is 5. The molecule has 3 aromatic rings. The Morgan fingerprint density at radius 2 is 1.82 bits per heavy atom. The average molecular weight is 377 g/mol. The first kappa shape index (κ1) is 17.0. The van der Waals surface area contributed by atoms with Gasteiger partial charge in [0, 0.05) is 33.2 Å². The molecule has 1 aromatic carbocycles. The summed E-state index contributed by atoms with van der Waals surface area (Å²) in [6.07, 6.45) is 3.46. The van der Waals surface area contributed by atoms with E-state index in [2.05, 4.69) is 52.0 Å². The number of nitrogens with zero attached hydrogens (tertiary/aromatic N) is 7. The van der Waals surface area contributed by atoms with Gasteiger partial charge in [-0.2, -0.15) is 5.10 Å². The first-order valence-electron chi connectivity index (χ1n) is 9.55. The number of amides is 2. The number of anilines is 1. The average Bonchev–Trinajstić information content (AvgIpc) is 3.22. The van der Waals surface area contributed by atoms with Gasteiger partial charge in [-0.1, -0.05) is 6.07 Å². The lowest BCUT2D eigenvalue weighted by atomic mass is 10.1. The van der Waals surface area contributed by atoms with Crippen LogP contribution in [0, 0.1) is 13.8 Å². The van der Waals surface area contributed by atoms with E-state index < -0.39 is 0 Å². The molecule has 2 aliphatic rings. The minimum atomic E-state index is 0.125. The van der Waals surface area contributed by atoms with E-state index in [0.29, 0.717) is 6.54 Å². The SMILES string of the molecule is Cc1cc(C)cc(-n2ncc3c(N4CCN5C(=O)N(C)CC5C4)ncnc32)c1. The van der Waals surface area contributed by atoms with Gasteiger partial charge in [0.15, 0.2) is 5.65 Å². The van der Waals surface area contributed by atoms with Crippen LogP contribution in [0.1, 0.15) is 11.1 Å². The van der Waals surface area contributed by atoms with Gasteiger partial charge in [0.25, 0.3) is 0 Å². The molecule has 2 fully saturated rings. The summed E-state index contributed by atoms with van der Waals surface area (Å²) >= 11 is 0. The number of aryl methyl sites for hydroxylation is 2. The highest BCUT2D eigenvalue weighted by atomic mass is 16.2. The van der Waals surface area contributed by atoms with Gasteiger partial charge >= 0.3 is 6.03 Å². The summed E-state index contributed by atoms with van der Waals surface area (Å²) in [6.45, 7) is 7.17. The molecule has 28 heavy (non-hydrogen) atoms. The minimum Gasteiger partial charge on any atom is -0.352 e. The molecule has 0 aliphatic carbocycles. The Balaban J connectivity index is 1.52. The fraction of sp³-hybridized carbons (Fsp3) is 0.400. The summed E-state index contributed by atoms with van der Waals surface area (Å²) in [4.78, 5) is 27.3. The lowest BCUT2D eigenvalue weighted by Gasteiger charge is -2.37. The standard InChI is InChI=1S/C20H23N7O/c1-13-6-14(2)8-15(7-13)27-19-17(9-23-27)18(21-12-22-19)25-4-5-26-16(11-25)10-24(3)20(26)28/h6-9,12,16H,4-5,10-11H2,1-3H3. The summed E-state index contributed by atoms with van der Waals surface area (Å²) in [6, 6.07) is 6.69. The monoisotopic (exact) mass is 377 g/mol. The molecule has 0 bridgehead atoms. The zero-order chi connectivity index (χ0) is 19.4. The quantitative estimate of drug-likeness (QED) is 0.683. The van der Waals surface area contributed by atoms with Gasteiger partial charge in [-0.3, -0.25) is 0 Å². The maximum absolute atomic E-state index is 12.2. The third-order valence-electron chi connectivity index (χ3n) is 5.63. The normalized spacial score (nSPS) is 19.6. The topological polar surface area (TPSA) is 70.4 Å². The van der Waals surface area contributed by atoms with Gasteiger partial charge in [-0.05, 0) is 37.1 Å². The fourth-order valence-electron chi connectivity index (χ4n) is 4.41. The zero-order valence-corrected chi connectivity index (χ0v) is 16.3. The molecule has 1 atom stereocenters. The van der Waals surface area contributed by atoms with Crippen molar-refractivity contribution < 1.29 is 4.79 Å². The van der Waals surface area contributed by atoms with Crippen LogP contribution < -0.4 is 4.90 Å². The van der Waals surface area contributed by atoms with Crippen LogP contribution >= 0.6 is 0 Å². The minimum absolute atomic E-state index is 0.125. The number of rotatable bonds is 2. The van der Waals surface area contributed by atoms with Crippen LogP contribution in [0.25, 0.3) is 16.7 Å². The third kappa shape index (κ3) is 2.59. The molecule has 2 amide bonds. The summed E-state index contributed by atoms with van der Waals surface area (Å²) in [5.41, 5.74) is 4.19. The Morgan fingerprint density at radius 1 is 1.04 bits per heavy atom. The molecular formula is C20H23N7O. The molecule has 0 radical (unpaired) electrons. The molecule has 0 spiro atoms. The maximum atomic E-state index is 12.2. The number of hydrogen-bond donors (Lipinski definition) is 0. The van der Waals surface area contributed by atoms with Crippen molar-refractivity contribution >= 4 is 22.9 Å². The van der Waals surface area contributed by atoms with E-state index in [4.69, 9.17) is 0 Å². The van der Waals surface area contributed by atoms with Crippen molar-refractivity contribution in [3.05, 3.63) is 41.9 Å². The van der Waals surface area contributed by atoms with Crippen molar-refractivity contribution in [2.24, 2.45) is 0 Å². The van der Waals surface area contributed by atoms with Crippen molar-refractivity contribution in [3.63, 3.8) is 0 Å². The molecular weight excluding hydrogens is 354 g/mol. The molecule has 0 saturated carbocycles. The van der Waals surface area contributed by atoms with Gasteiger partial charge in [0.2, 0.25) is 0 Å². The maximum Gasteiger partial charge on any atom is 0.320 e. The predicted octanol–water partition coefficient (Wildman–Crippen LogP) is 1.99. The van der Waals surface area contributed by atoms with Crippen LogP contribution in [-0.4, -0.2) is 74.8 Å². The molecule has 8 heteroatoms. The Kier molecular flexibility index (Phi) is 3.75. The predicted molar refractivity (Wildman–Crippen MR) is 107 cm³/mol. The Morgan fingerprint density at radius 3 is 2.61 bits per heavy atom. The number of benzene rings is 1. The number of aromatic nitrogens is 4. The molecule has 144 valence electrons. The highest BCUT2D eigenvalue weighted by Gasteiger charge is 2.39. The molecule has 5 rings (SSSR count). The van der Waals surface area contributed by atoms with E-state index in [1.54, 1.807) is 11.2 Å². The second-order valence-electron chi connectivity index (χ2n) is 7.79. The molecule has 1 unspecified atom stereocenters. The van der Waals surface area contributed by atoms with Gasteiger partial charge in [0.1, 0.15) is 12.1 Å². The van der Waals surface area contributed by atoms with Crippen LogP contribution in [0.4, 0.5) is 10.6 Å². The van der Waals surface area contributed by atoms with E-state index in [1.165, 1.54) is 11.1 Å². The number of carbonyl (C=O) groups excluding carboxylic acids is 1. The molecule has 2 saturated heterocycles. The van der Waals surface area contributed by atoms with Crippen LogP contribution in [-0.2, 0) is 0 Å². The van der Waals surface area contributed by atoms with Crippen molar-refractivity contribution in [2.45, 2.75) is 19.9 Å². The number of likely N-dealkylation sites (N-methyl/N-ethyl adjacent to an activating group) is 1. The third-order valence-corrected chi connectivity index (χ3v) is 5.63. The van der Waals surface area contributed by atoms with Gasteiger partial charge in [-0.15, -0.1) is 0 Å². The number of urea groups is 1. The van der Waals surface area contributed by atoms with E-state index in [1.807, 2.05) is 22.8 Å². The molecule has 2 aromatic heterocycles. The lowest BCUT2D eigenvalue weighted by molar-refractivity contribution is 0.187. The fourth-order valence-corrected chi connectivity index (χ4v) is 4.41. The van der Waals surface area contributed by atoms with Crippen LogP contribution in [0.3, 0.4) is 0 Å². The first-order valence-corrected chi connectivity index (χ1v) is 9.55. The highest BCUT2D eigenvalue weighted by Crippen LogP contribution is 2.28.